The van der Waals surface area contributed by atoms with Gasteiger partial charge in [-0.2, -0.15) is 5.10 Å². The second-order valence-corrected chi connectivity index (χ2v) is 5.39. The maximum absolute atomic E-state index is 6.11. The maximum Gasteiger partial charge on any atom is 0.0877 e. The van der Waals surface area contributed by atoms with Crippen LogP contribution in [0.5, 0.6) is 0 Å². The minimum Gasteiger partial charge on any atom is -0.379 e. The molecule has 0 atom stereocenters. The molecule has 3 aromatic rings. The molecular weight excluding hydrogens is 282 g/mol. The molecule has 21 heavy (non-hydrogen) atoms. The number of anilines is 1. The van der Waals surface area contributed by atoms with Crippen molar-refractivity contribution in [3.63, 3.8) is 0 Å². The molecule has 106 valence electrons. The first-order valence-corrected chi connectivity index (χ1v) is 7.19. The van der Waals surface area contributed by atoms with E-state index in [2.05, 4.69) is 41.6 Å². The molecule has 0 unspecified atom stereocenters. The van der Waals surface area contributed by atoms with Crippen molar-refractivity contribution in [2.75, 3.05) is 5.32 Å². The standard InChI is InChI=1S/C17H16ClN3/c1-13-3-5-14(6-4-13)12-19-16-11-15(18)7-8-17(16)21-10-2-9-20-21/h2-11,19H,12H2,1H3. The molecule has 0 saturated carbocycles. The van der Waals surface area contributed by atoms with Gasteiger partial charge < -0.3 is 5.32 Å². The molecule has 3 nitrogen and oxygen atoms in total. The van der Waals surface area contributed by atoms with Crippen molar-refractivity contribution in [2.24, 2.45) is 0 Å². The van der Waals surface area contributed by atoms with Gasteiger partial charge in [0.2, 0.25) is 0 Å². The summed E-state index contributed by atoms with van der Waals surface area (Å²) in [5.74, 6) is 0. The lowest BCUT2D eigenvalue weighted by Crippen LogP contribution is -2.05. The molecule has 0 bridgehead atoms. The number of hydrogen-bond donors (Lipinski definition) is 1. The molecule has 0 aliphatic rings. The van der Waals surface area contributed by atoms with E-state index < -0.39 is 0 Å². The van der Waals surface area contributed by atoms with E-state index in [0.29, 0.717) is 5.02 Å². The summed E-state index contributed by atoms with van der Waals surface area (Å²) in [4.78, 5) is 0. The SMILES string of the molecule is Cc1ccc(CNc2cc(Cl)ccc2-n2cccn2)cc1. The summed E-state index contributed by atoms with van der Waals surface area (Å²) in [7, 11) is 0. The zero-order valence-electron chi connectivity index (χ0n) is 11.8. The predicted octanol–water partition coefficient (Wildman–Crippen LogP) is 4.45. The summed E-state index contributed by atoms with van der Waals surface area (Å²) in [5, 5.41) is 8.42. The van der Waals surface area contributed by atoms with E-state index in [9.17, 15) is 0 Å². The van der Waals surface area contributed by atoms with Crippen molar-refractivity contribution in [3.05, 3.63) is 77.1 Å². The molecule has 0 fully saturated rings. The second kappa shape index (κ2) is 6.02. The Morgan fingerprint density at radius 2 is 1.95 bits per heavy atom. The van der Waals surface area contributed by atoms with E-state index >= 15 is 0 Å². The second-order valence-electron chi connectivity index (χ2n) is 4.95. The van der Waals surface area contributed by atoms with Crippen LogP contribution in [0.2, 0.25) is 5.02 Å². The first-order chi connectivity index (χ1) is 10.2. The van der Waals surface area contributed by atoms with Gasteiger partial charge in [-0.3, -0.25) is 0 Å². The van der Waals surface area contributed by atoms with Crippen LogP contribution >= 0.6 is 11.6 Å². The number of aromatic nitrogens is 2. The highest BCUT2D eigenvalue weighted by Crippen LogP contribution is 2.24. The van der Waals surface area contributed by atoms with Crippen LogP contribution in [-0.4, -0.2) is 9.78 Å². The number of nitrogens with one attached hydrogen (secondary N) is 1. The van der Waals surface area contributed by atoms with Crippen LogP contribution in [0, 0.1) is 6.92 Å². The zero-order valence-corrected chi connectivity index (χ0v) is 12.5. The molecule has 0 aliphatic carbocycles. The predicted molar refractivity (Wildman–Crippen MR) is 87.1 cm³/mol. The van der Waals surface area contributed by atoms with Crippen LogP contribution in [-0.2, 0) is 6.54 Å². The summed E-state index contributed by atoms with van der Waals surface area (Å²) in [6, 6.07) is 16.1. The van der Waals surface area contributed by atoms with Crippen molar-refractivity contribution in [3.8, 4) is 5.69 Å². The molecule has 1 N–H and O–H groups in total. The van der Waals surface area contributed by atoms with Gasteiger partial charge in [0.05, 0.1) is 11.4 Å². The number of halogens is 1. The third-order valence-electron chi connectivity index (χ3n) is 3.31. The molecule has 0 spiro atoms. The lowest BCUT2D eigenvalue weighted by atomic mass is 10.1. The summed E-state index contributed by atoms with van der Waals surface area (Å²) < 4.78 is 1.83. The van der Waals surface area contributed by atoms with Crippen LogP contribution in [0.4, 0.5) is 5.69 Å². The lowest BCUT2D eigenvalue weighted by Gasteiger charge is -2.13. The minimum absolute atomic E-state index is 0.706. The fourth-order valence-electron chi connectivity index (χ4n) is 2.16. The van der Waals surface area contributed by atoms with Crippen molar-refractivity contribution < 1.29 is 0 Å². The number of nitrogens with zero attached hydrogens (tertiary/aromatic N) is 2. The van der Waals surface area contributed by atoms with E-state index in [4.69, 9.17) is 11.6 Å². The van der Waals surface area contributed by atoms with Gasteiger partial charge in [-0.1, -0.05) is 41.4 Å². The van der Waals surface area contributed by atoms with Gasteiger partial charge in [-0.05, 0) is 36.8 Å². The van der Waals surface area contributed by atoms with E-state index in [1.165, 1.54) is 11.1 Å². The Kier molecular flexibility index (Phi) is 3.93. The average Bonchev–Trinajstić information content (AvgIpc) is 3.01. The normalized spacial score (nSPS) is 10.6. The summed E-state index contributed by atoms with van der Waals surface area (Å²) in [5.41, 5.74) is 4.44. The highest BCUT2D eigenvalue weighted by Gasteiger charge is 2.06. The molecule has 1 heterocycles. The summed E-state index contributed by atoms with van der Waals surface area (Å²) in [6.45, 7) is 2.83. The minimum atomic E-state index is 0.706. The molecule has 3 rings (SSSR count). The Balaban J connectivity index is 1.84. The van der Waals surface area contributed by atoms with Gasteiger partial charge in [0, 0.05) is 24.0 Å². The number of benzene rings is 2. The van der Waals surface area contributed by atoms with Crippen LogP contribution in [0.15, 0.2) is 60.9 Å². The van der Waals surface area contributed by atoms with E-state index in [1.807, 2.05) is 35.1 Å². The average molecular weight is 298 g/mol. The summed E-state index contributed by atoms with van der Waals surface area (Å²) >= 11 is 6.11. The zero-order chi connectivity index (χ0) is 14.7. The van der Waals surface area contributed by atoms with E-state index in [0.717, 1.165) is 17.9 Å². The van der Waals surface area contributed by atoms with E-state index in [-0.39, 0.29) is 0 Å². The Hall–Kier alpha value is -2.26. The molecule has 0 saturated heterocycles. The van der Waals surface area contributed by atoms with Gasteiger partial charge in [0.1, 0.15) is 0 Å². The molecule has 0 radical (unpaired) electrons. The Morgan fingerprint density at radius 1 is 1.14 bits per heavy atom. The first-order valence-electron chi connectivity index (χ1n) is 6.81. The largest absolute Gasteiger partial charge is 0.379 e. The van der Waals surface area contributed by atoms with Crippen molar-refractivity contribution >= 4 is 17.3 Å². The van der Waals surface area contributed by atoms with Crippen LogP contribution in [0.1, 0.15) is 11.1 Å². The van der Waals surface area contributed by atoms with Crippen molar-refractivity contribution in [1.82, 2.24) is 9.78 Å². The third-order valence-corrected chi connectivity index (χ3v) is 3.55. The van der Waals surface area contributed by atoms with Gasteiger partial charge in [-0.25, -0.2) is 4.68 Å². The van der Waals surface area contributed by atoms with Gasteiger partial charge in [-0.15, -0.1) is 0 Å². The van der Waals surface area contributed by atoms with Crippen LogP contribution in [0.3, 0.4) is 0 Å². The third kappa shape index (κ3) is 3.26. The molecule has 1 aromatic heterocycles. The number of rotatable bonds is 4. The Morgan fingerprint density at radius 3 is 2.67 bits per heavy atom. The van der Waals surface area contributed by atoms with Gasteiger partial charge in [0.25, 0.3) is 0 Å². The molecule has 0 amide bonds. The highest BCUT2D eigenvalue weighted by atomic mass is 35.5. The quantitative estimate of drug-likeness (QED) is 0.771. The smallest absolute Gasteiger partial charge is 0.0877 e. The maximum atomic E-state index is 6.11. The van der Waals surface area contributed by atoms with Crippen LogP contribution in [0.25, 0.3) is 5.69 Å². The first kappa shape index (κ1) is 13.7. The van der Waals surface area contributed by atoms with Crippen molar-refractivity contribution in [2.45, 2.75) is 13.5 Å². The Labute approximate surface area is 129 Å². The highest BCUT2D eigenvalue weighted by molar-refractivity contribution is 6.31. The lowest BCUT2D eigenvalue weighted by molar-refractivity contribution is 0.879. The van der Waals surface area contributed by atoms with Gasteiger partial charge in [0.15, 0.2) is 0 Å². The number of aryl methyl sites for hydroxylation is 1. The fourth-order valence-corrected chi connectivity index (χ4v) is 2.34. The molecule has 4 heteroatoms. The Bertz CT molecular complexity index is 718. The molecular formula is C17H16ClN3. The summed E-state index contributed by atoms with van der Waals surface area (Å²) in [6.07, 6.45) is 3.68. The monoisotopic (exact) mass is 297 g/mol. The fraction of sp³-hybridized carbons (Fsp3) is 0.118. The van der Waals surface area contributed by atoms with E-state index in [1.54, 1.807) is 6.20 Å². The molecule has 0 aliphatic heterocycles. The van der Waals surface area contributed by atoms with Crippen molar-refractivity contribution in [1.29, 1.82) is 0 Å². The molecule has 2 aromatic carbocycles. The topological polar surface area (TPSA) is 29.9 Å². The van der Waals surface area contributed by atoms with Gasteiger partial charge >= 0.3 is 0 Å². The number of hydrogen-bond acceptors (Lipinski definition) is 2. The van der Waals surface area contributed by atoms with Crippen LogP contribution < -0.4 is 5.32 Å².